The molecule has 0 saturated heterocycles. The quantitative estimate of drug-likeness (QED) is 0.646. The number of carbonyl (C=O) groups is 1. The van der Waals surface area contributed by atoms with Crippen LogP contribution < -0.4 is 0 Å². The van der Waals surface area contributed by atoms with Gasteiger partial charge in [0.1, 0.15) is 5.78 Å². The highest BCUT2D eigenvalue weighted by Crippen LogP contribution is 2.25. The van der Waals surface area contributed by atoms with Gasteiger partial charge in [-0.25, -0.2) is 0 Å². The Kier molecular flexibility index (Phi) is 4.33. The molecule has 1 atom stereocenters. The van der Waals surface area contributed by atoms with Crippen LogP contribution in [0.2, 0.25) is 0 Å². The molecule has 0 amide bonds. The summed E-state index contributed by atoms with van der Waals surface area (Å²) >= 11 is 0. The summed E-state index contributed by atoms with van der Waals surface area (Å²) < 4.78 is 5.44. The van der Waals surface area contributed by atoms with Gasteiger partial charge in [-0.05, 0) is 38.2 Å². The lowest BCUT2D eigenvalue weighted by atomic mass is 9.90. The molecular weight excluding hydrogens is 176 g/mol. The first kappa shape index (κ1) is 11.4. The Morgan fingerprint density at radius 3 is 2.86 bits per heavy atom. The molecule has 1 unspecified atom stereocenters. The Balaban J connectivity index is 2.50. The molecule has 0 aliphatic carbocycles. The van der Waals surface area contributed by atoms with E-state index in [1.165, 1.54) is 11.1 Å². The lowest BCUT2D eigenvalue weighted by Gasteiger charge is -2.23. The van der Waals surface area contributed by atoms with Gasteiger partial charge in [-0.1, -0.05) is 12.5 Å². The fraction of sp³-hybridized carbons (Fsp3) is 0.750. The molecule has 0 saturated carbocycles. The highest BCUT2D eigenvalue weighted by atomic mass is 16.5. The number of rotatable bonds is 4. The fourth-order valence-electron chi connectivity index (χ4n) is 1.85. The Morgan fingerprint density at radius 2 is 2.29 bits per heavy atom. The second-order valence-electron chi connectivity index (χ2n) is 4.25. The molecule has 0 aromatic heterocycles. The second-order valence-corrected chi connectivity index (χ2v) is 4.25. The highest BCUT2D eigenvalue weighted by molar-refractivity contribution is 5.75. The van der Waals surface area contributed by atoms with Gasteiger partial charge in [0.05, 0.1) is 13.2 Å². The highest BCUT2D eigenvalue weighted by Gasteiger charge is 2.16. The molecule has 2 heteroatoms. The van der Waals surface area contributed by atoms with E-state index in [-0.39, 0.29) is 5.78 Å². The van der Waals surface area contributed by atoms with E-state index in [1.807, 2.05) is 0 Å². The molecule has 0 radical (unpaired) electrons. The number of ether oxygens (including phenoxy) is 1. The summed E-state index contributed by atoms with van der Waals surface area (Å²) in [5.74, 6) is 0.783. The molecule has 1 aliphatic rings. The van der Waals surface area contributed by atoms with Gasteiger partial charge >= 0.3 is 0 Å². The minimum atomic E-state index is 0.284. The molecule has 1 aliphatic heterocycles. The molecule has 0 N–H and O–H groups in total. The van der Waals surface area contributed by atoms with E-state index < -0.39 is 0 Å². The van der Waals surface area contributed by atoms with Crippen LogP contribution in [0.25, 0.3) is 0 Å². The van der Waals surface area contributed by atoms with Crippen molar-refractivity contribution in [2.45, 2.75) is 40.0 Å². The van der Waals surface area contributed by atoms with Crippen molar-refractivity contribution >= 4 is 5.78 Å². The van der Waals surface area contributed by atoms with Crippen LogP contribution in [0, 0.1) is 5.92 Å². The molecule has 1 heterocycles. The molecule has 2 nitrogen and oxygen atoms in total. The fourth-order valence-corrected chi connectivity index (χ4v) is 1.85. The van der Waals surface area contributed by atoms with Crippen molar-refractivity contribution in [3.05, 3.63) is 11.1 Å². The van der Waals surface area contributed by atoms with Crippen molar-refractivity contribution in [2.24, 2.45) is 5.92 Å². The molecule has 0 spiro atoms. The summed E-state index contributed by atoms with van der Waals surface area (Å²) in [5, 5.41) is 0. The Bertz CT molecular complexity index is 241. The zero-order valence-corrected chi connectivity index (χ0v) is 9.43. The van der Waals surface area contributed by atoms with Crippen LogP contribution in [-0.4, -0.2) is 19.0 Å². The maximum Gasteiger partial charge on any atom is 0.129 e. The van der Waals surface area contributed by atoms with Crippen LogP contribution in [0.4, 0.5) is 0 Å². The van der Waals surface area contributed by atoms with Gasteiger partial charge in [-0.3, -0.25) is 0 Å². The first-order chi connectivity index (χ1) is 6.61. The summed E-state index contributed by atoms with van der Waals surface area (Å²) in [4.78, 5) is 10.9. The number of Topliss-reactive ketones (excluding diaryl/α,β-unsaturated/α-hetero) is 1. The van der Waals surface area contributed by atoms with E-state index in [2.05, 4.69) is 13.8 Å². The smallest absolute Gasteiger partial charge is 0.129 e. The van der Waals surface area contributed by atoms with E-state index in [0.717, 1.165) is 26.1 Å². The SMILES string of the molecule is CC(=O)CCC(C)C1=C(C)CCOC1. The normalized spacial score (nSPS) is 19.6. The van der Waals surface area contributed by atoms with Crippen molar-refractivity contribution in [1.29, 1.82) is 0 Å². The van der Waals surface area contributed by atoms with E-state index in [9.17, 15) is 4.79 Å². The van der Waals surface area contributed by atoms with E-state index in [4.69, 9.17) is 4.74 Å². The number of ketones is 1. The zero-order valence-electron chi connectivity index (χ0n) is 9.43. The third-order valence-corrected chi connectivity index (χ3v) is 2.95. The topological polar surface area (TPSA) is 26.3 Å². The predicted octanol–water partition coefficient (Wildman–Crippen LogP) is 2.73. The third-order valence-electron chi connectivity index (χ3n) is 2.95. The first-order valence-electron chi connectivity index (χ1n) is 5.37. The molecule has 1 rings (SSSR count). The summed E-state index contributed by atoms with van der Waals surface area (Å²) in [7, 11) is 0. The molecule has 0 aromatic carbocycles. The van der Waals surface area contributed by atoms with Crippen LogP contribution in [0.15, 0.2) is 11.1 Å². The van der Waals surface area contributed by atoms with Crippen LogP contribution in [0.3, 0.4) is 0 Å². The van der Waals surface area contributed by atoms with Crippen LogP contribution in [-0.2, 0) is 9.53 Å². The molecule has 14 heavy (non-hydrogen) atoms. The minimum absolute atomic E-state index is 0.284. The zero-order chi connectivity index (χ0) is 10.6. The van der Waals surface area contributed by atoms with Gasteiger partial charge in [0.2, 0.25) is 0 Å². The standard InChI is InChI=1S/C12H20O2/c1-9(4-5-11(3)13)12-8-14-7-6-10(12)2/h9H,4-8H2,1-3H3. The van der Waals surface area contributed by atoms with Gasteiger partial charge in [0.15, 0.2) is 0 Å². The predicted molar refractivity (Wildman–Crippen MR) is 57.2 cm³/mol. The summed E-state index contributed by atoms with van der Waals surface area (Å²) in [6, 6.07) is 0. The maximum atomic E-state index is 10.9. The van der Waals surface area contributed by atoms with Crippen molar-refractivity contribution in [1.82, 2.24) is 0 Å². The summed E-state index contributed by atoms with van der Waals surface area (Å²) in [6.07, 6.45) is 2.71. The molecule has 0 fully saturated rings. The van der Waals surface area contributed by atoms with E-state index >= 15 is 0 Å². The summed E-state index contributed by atoms with van der Waals surface area (Å²) in [6.45, 7) is 7.66. The molecule has 0 aromatic rings. The van der Waals surface area contributed by atoms with Crippen molar-refractivity contribution < 1.29 is 9.53 Å². The first-order valence-corrected chi connectivity index (χ1v) is 5.37. The van der Waals surface area contributed by atoms with Gasteiger partial charge in [0, 0.05) is 6.42 Å². The molecular formula is C12H20O2. The number of hydrogen-bond donors (Lipinski definition) is 0. The number of hydrogen-bond acceptors (Lipinski definition) is 2. The van der Waals surface area contributed by atoms with E-state index in [1.54, 1.807) is 6.92 Å². The number of carbonyl (C=O) groups excluding carboxylic acids is 1. The largest absolute Gasteiger partial charge is 0.377 e. The average Bonchev–Trinajstić information content (AvgIpc) is 2.15. The van der Waals surface area contributed by atoms with Gasteiger partial charge < -0.3 is 9.53 Å². The lowest BCUT2D eigenvalue weighted by molar-refractivity contribution is -0.117. The van der Waals surface area contributed by atoms with Crippen LogP contribution >= 0.6 is 0 Å². The minimum Gasteiger partial charge on any atom is -0.377 e. The maximum absolute atomic E-state index is 10.9. The van der Waals surface area contributed by atoms with Gasteiger partial charge in [0.25, 0.3) is 0 Å². The third kappa shape index (κ3) is 3.26. The van der Waals surface area contributed by atoms with Gasteiger partial charge in [-0.15, -0.1) is 0 Å². The van der Waals surface area contributed by atoms with Crippen LogP contribution in [0.1, 0.15) is 40.0 Å². The van der Waals surface area contributed by atoms with Crippen molar-refractivity contribution in [2.75, 3.05) is 13.2 Å². The lowest BCUT2D eigenvalue weighted by Crippen LogP contribution is -2.16. The Hall–Kier alpha value is -0.630. The van der Waals surface area contributed by atoms with Crippen LogP contribution in [0.5, 0.6) is 0 Å². The van der Waals surface area contributed by atoms with Crippen molar-refractivity contribution in [3.63, 3.8) is 0 Å². The second kappa shape index (κ2) is 5.30. The monoisotopic (exact) mass is 196 g/mol. The average molecular weight is 196 g/mol. The Morgan fingerprint density at radius 1 is 1.57 bits per heavy atom. The van der Waals surface area contributed by atoms with E-state index in [0.29, 0.717) is 12.3 Å². The van der Waals surface area contributed by atoms with Gasteiger partial charge in [-0.2, -0.15) is 0 Å². The molecule has 0 bridgehead atoms. The Labute approximate surface area is 86.3 Å². The summed E-state index contributed by atoms with van der Waals surface area (Å²) in [5.41, 5.74) is 2.88. The van der Waals surface area contributed by atoms with Crippen molar-refractivity contribution in [3.8, 4) is 0 Å². The molecule has 80 valence electrons.